The quantitative estimate of drug-likeness (QED) is 0.542. The van der Waals surface area contributed by atoms with Gasteiger partial charge in [-0.05, 0) is 11.6 Å². The number of rotatable bonds is 8. The Labute approximate surface area is 147 Å². The molecular formula is C17H16FN3O5. The van der Waals surface area contributed by atoms with Crippen LogP contribution in [0, 0.1) is 15.9 Å². The highest BCUT2D eigenvalue weighted by atomic mass is 19.1. The minimum atomic E-state index is -1.08. The number of hydrogen-bond donors (Lipinski definition) is 2. The second kappa shape index (κ2) is 8.56. The Hall–Kier alpha value is -3.49. The zero-order valence-electron chi connectivity index (χ0n) is 13.6. The van der Waals surface area contributed by atoms with Crippen LogP contribution in [0.3, 0.4) is 0 Å². The number of hydrogen-bond acceptors (Lipinski definition) is 5. The summed E-state index contributed by atoms with van der Waals surface area (Å²) in [5.41, 5.74) is 5.42. The summed E-state index contributed by atoms with van der Waals surface area (Å²) in [6.45, 7) is -0.504. The van der Waals surface area contributed by atoms with Crippen LogP contribution in [-0.2, 0) is 16.0 Å². The summed E-state index contributed by atoms with van der Waals surface area (Å²) in [4.78, 5) is 33.1. The normalized spacial score (nSPS) is 11.4. The molecule has 0 aromatic heterocycles. The molecule has 0 heterocycles. The molecule has 0 bridgehead atoms. The molecule has 0 spiro atoms. The Morgan fingerprint density at radius 3 is 2.50 bits per heavy atom. The third kappa shape index (κ3) is 5.26. The molecule has 3 N–H and O–H groups in total. The van der Waals surface area contributed by atoms with E-state index < -0.39 is 40.9 Å². The fourth-order valence-electron chi connectivity index (χ4n) is 2.18. The highest BCUT2D eigenvalue weighted by molar-refractivity contribution is 5.87. The number of ether oxygens (including phenoxy) is 1. The molecule has 9 heteroatoms. The van der Waals surface area contributed by atoms with Crippen molar-refractivity contribution in [2.45, 2.75) is 12.5 Å². The van der Waals surface area contributed by atoms with Gasteiger partial charge in [0, 0.05) is 18.6 Å². The zero-order chi connectivity index (χ0) is 19.1. The molecule has 2 aromatic carbocycles. The number of benzene rings is 2. The average molecular weight is 361 g/mol. The molecule has 8 nitrogen and oxygen atoms in total. The first-order chi connectivity index (χ1) is 12.4. The van der Waals surface area contributed by atoms with Crippen molar-refractivity contribution >= 4 is 17.5 Å². The molecular weight excluding hydrogens is 345 g/mol. The van der Waals surface area contributed by atoms with Crippen LogP contribution in [0.1, 0.15) is 5.56 Å². The molecule has 2 rings (SSSR count). The minimum absolute atomic E-state index is 0.0538. The highest BCUT2D eigenvalue weighted by Gasteiger charge is 2.19. The van der Waals surface area contributed by atoms with Crippen LogP contribution in [0.15, 0.2) is 48.5 Å². The minimum Gasteiger partial charge on any atom is -0.484 e. The van der Waals surface area contributed by atoms with Gasteiger partial charge in [0.15, 0.2) is 6.61 Å². The predicted octanol–water partition coefficient (Wildman–Crippen LogP) is 1.33. The van der Waals surface area contributed by atoms with Gasteiger partial charge < -0.3 is 15.8 Å². The summed E-state index contributed by atoms with van der Waals surface area (Å²) in [6.07, 6.45) is 0.216. The molecule has 0 aliphatic rings. The van der Waals surface area contributed by atoms with Gasteiger partial charge in [0.25, 0.3) is 5.91 Å². The standard InChI is InChI=1S/C17H16FN3O5/c18-13-9-12(6-7-15(13)21(24)25)26-10-16(22)20-14(17(19)23)8-11-4-2-1-3-5-11/h1-7,9,14H,8,10H2,(H2,19,23)(H,20,22). The van der Waals surface area contributed by atoms with Gasteiger partial charge >= 0.3 is 5.69 Å². The van der Waals surface area contributed by atoms with Gasteiger partial charge in [-0.3, -0.25) is 19.7 Å². The molecule has 0 saturated carbocycles. The van der Waals surface area contributed by atoms with E-state index in [1.165, 1.54) is 6.07 Å². The molecule has 1 atom stereocenters. The van der Waals surface area contributed by atoms with Crippen LogP contribution in [0.2, 0.25) is 0 Å². The van der Waals surface area contributed by atoms with E-state index in [0.29, 0.717) is 0 Å². The van der Waals surface area contributed by atoms with E-state index in [1.54, 1.807) is 24.3 Å². The van der Waals surface area contributed by atoms with Gasteiger partial charge in [-0.15, -0.1) is 0 Å². The van der Waals surface area contributed by atoms with Crippen molar-refractivity contribution in [1.82, 2.24) is 5.32 Å². The van der Waals surface area contributed by atoms with Gasteiger partial charge in [0.1, 0.15) is 11.8 Å². The monoisotopic (exact) mass is 361 g/mol. The van der Waals surface area contributed by atoms with Crippen molar-refractivity contribution in [3.63, 3.8) is 0 Å². The van der Waals surface area contributed by atoms with E-state index in [9.17, 15) is 24.1 Å². The number of nitrogens with one attached hydrogen (secondary N) is 1. The van der Waals surface area contributed by atoms with Crippen molar-refractivity contribution in [1.29, 1.82) is 0 Å². The van der Waals surface area contributed by atoms with Crippen LogP contribution in [0.25, 0.3) is 0 Å². The lowest BCUT2D eigenvalue weighted by atomic mass is 10.1. The van der Waals surface area contributed by atoms with Gasteiger partial charge in [0.05, 0.1) is 4.92 Å². The average Bonchev–Trinajstić information content (AvgIpc) is 2.60. The van der Waals surface area contributed by atoms with Gasteiger partial charge in [-0.2, -0.15) is 4.39 Å². The summed E-state index contributed by atoms with van der Waals surface area (Å²) in [7, 11) is 0. The number of carbonyl (C=O) groups excluding carboxylic acids is 2. The van der Waals surface area contributed by atoms with Crippen LogP contribution in [0.4, 0.5) is 10.1 Å². The van der Waals surface area contributed by atoms with E-state index in [2.05, 4.69) is 5.32 Å². The number of carbonyl (C=O) groups is 2. The first-order valence-electron chi connectivity index (χ1n) is 7.56. The van der Waals surface area contributed by atoms with E-state index in [1.807, 2.05) is 6.07 Å². The molecule has 0 fully saturated rings. The van der Waals surface area contributed by atoms with Crippen molar-refractivity contribution in [3.05, 3.63) is 70.0 Å². The maximum Gasteiger partial charge on any atom is 0.305 e. The van der Waals surface area contributed by atoms with Gasteiger partial charge in [0.2, 0.25) is 11.7 Å². The fraction of sp³-hybridized carbons (Fsp3) is 0.176. The smallest absolute Gasteiger partial charge is 0.305 e. The van der Waals surface area contributed by atoms with Crippen molar-refractivity contribution in [2.24, 2.45) is 5.73 Å². The Bertz CT molecular complexity index is 813. The lowest BCUT2D eigenvalue weighted by molar-refractivity contribution is -0.387. The van der Waals surface area contributed by atoms with E-state index >= 15 is 0 Å². The molecule has 0 aliphatic carbocycles. The second-order valence-electron chi connectivity index (χ2n) is 5.37. The van der Waals surface area contributed by atoms with E-state index in [-0.39, 0.29) is 12.2 Å². The molecule has 1 unspecified atom stereocenters. The zero-order valence-corrected chi connectivity index (χ0v) is 13.6. The van der Waals surface area contributed by atoms with Crippen molar-refractivity contribution < 1.29 is 23.6 Å². The summed E-state index contributed by atoms with van der Waals surface area (Å²) < 4.78 is 18.6. The maximum absolute atomic E-state index is 13.5. The molecule has 2 amide bonds. The summed E-state index contributed by atoms with van der Waals surface area (Å²) in [6, 6.07) is 11.0. The van der Waals surface area contributed by atoms with Crippen LogP contribution >= 0.6 is 0 Å². The molecule has 26 heavy (non-hydrogen) atoms. The number of nitro benzene ring substituents is 1. The Morgan fingerprint density at radius 2 is 1.92 bits per heavy atom. The number of halogens is 1. The predicted molar refractivity (Wildman–Crippen MR) is 89.8 cm³/mol. The lowest BCUT2D eigenvalue weighted by Crippen LogP contribution is -2.47. The third-order valence-electron chi connectivity index (χ3n) is 3.45. The summed E-state index contributed by atoms with van der Waals surface area (Å²) in [5, 5.41) is 13.0. The van der Waals surface area contributed by atoms with E-state index in [0.717, 1.165) is 17.7 Å². The fourth-order valence-corrected chi connectivity index (χ4v) is 2.18. The number of nitrogens with two attached hydrogens (primary N) is 1. The lowest BCUT2D eigenvalue weighted by Gasteiger charge is -2.16. The van der Waals surface area contributed by atoms with Crippen LogP contribution in [-0.4, -0.2) is 29.4 Å². The number of amides is 2. The first kappa shape index (κ1) is 18.8. The Kier molecular flexibility index (Phi) is 6.20. The van der Waals surface area contributed by atoms with Gasteiger partial charge in [-0.1, -0.05) is 30.3 Å². The maximum atomic E-state index is 13.5. The number of nitrogens with zero attached hydrogens (tertiary/aromatic N) is 1. The van der Waals surface area contributed by atoms with Crippen LogP contribution < -0.4 is 15.8 Å². The first-order valence-corrected chi connectivity index (χ1v) is 7.56. The number of primary amides is 1. The SMILES string of the molecule is NC(=O)C(Cc1ccccc1)NC(=O)COc1ccc([N+](=O)[O-])c(F)c1. The molecule has 0 aliphatic heterocycles. The number of nitro groups is 1. The molecule has 136 valence electrons. The Morgan fingerprint density at radius 1 is 1.23 bits per heavy atom. The topological polar surface area (TPSA) is 125 Å². The second-order valence-corrected chi connectivity index (χ2v) is 5.37. The van der Waals surface area contributed by atoms with E-state index in [4.69, 9.17) is 10.5 Å². The van der Waals surface area contributed by atoms with Crippen LogP contribution in [0.5, 0.6) is 5.75 Å². The molecule has 0 saturated heterocycles. The molecule has 0 radical (unpaired) electrons. The van der Waals surface area contributed by atoms with Crippen molar-refractivity contribution in [3.8, 4) is 5.75 Å². The summed E-state index contributed by atoms with van der Waals surface area (Å²) in [5.74, 6) is -2.47. The van der Waals surface area contributed by atoms with Gasteiger partial charge in [-0.25, -0.2) is 0 Å². The summed E-state index contributed by atoms with van der Waals surface area (Å²) >= 11 is 0. The Balaban J connectivity index is 1.93. The highest BCUT2D eigenvalue weighted by Crippen LogP contribution is 2.22. The molecule has 2 aromatic rings. The third-order valence-corrected chi connectivity index (χ3v) is 3.45. The van der Waals surface area contributed by atoms with Crippen molar-refractivity contribution in [2.75, 3.05) is 6.61 Å². The largest absolute Gasteiger partial charge is 0.484 e.